The maximum absolute atomic E-state index is 12.0. The number of hydrogen-bond donors (Lipinski definition) is 3. The van der Waals surface area contributed by atoms with E-state index in [0.717, 1.165) is 19.3 Å². The van der Waals surface area contributed by atoms with Crippen LogP contribution in [0.3, 0.4) is 0 Å². The zero-order chi connectivity index (χ0) is 14.7. The standard InChI is InChI=1S/C14H21N3O3/c1-8-9(2)17-14(20)12(16-8)13(19)15-7-10-4-3-5-11(18)6-10/h10-11,18H,3-7H2,1-2H3,(H,15,19)(H,17,20). The Balaban J connectivity index is 1.98. The van der Waals surface area contributed by atoms with Crippen LogP contribution in [-0.2, 0) is 0 Å². The highest BCUT2D eigenvalue weighted by atomic mass is 16.3. The minimum atomic E-state index is -0.464. The molecule has 0 radical (unpaired) electrons. The molecule has 1 aliphatic rings. The molecule has 1 aromatic rings. The average Bonchev–Trinajstić information content (AvgIpc) is 2.40. The van der Waals surface area contributed by atoms with Gasteiger partial charge in [-0.3, -0.25) is 9.59 Å². The molecule has 1 aliphatic carbocycles. The van der Waals surface area contributed by atoms with Crippen molar-refractivity contribution in [2.75, 3.05) is 6.54 Å². The number of aryl methyl sites for hydroxylation is 2. The number of nitrogens with one attached hydrogen (secondary N) is 2. The van der Waals surface area contributed by atoms with Gasteiger partial charge in [-0.15, -0.1) is 0 Å². The van der Waals surface area contributed by atoms with Gasteiger partial charge in [0, 0.05) is 12.2 Å². The van der Waals surface area contributed by atoms with Gasteiger partial charge >= 0.3 is 0 Å². The summed E-state index contributed by atoms with van der Waals surface area (Å²) in [4.78, 5) is 30.4. The van der Waals surface area contributed by atoms with Gasteiger partial charge in [-0.25, -0.2) is 4.98 Å². The number of aromatic nitrogens is 2. The molecule has 2 unspecified atom stereocenters. The van der Waals surface area contributed by atoms with Crippen molar-refractivity contribution >= 4 is 5.91 Å². The van der Waals surface area contributed by atoms with E-state index in [2.05, 4.69) is 15.3 Å². The first-order valence-corrected chi connectivity index (χ1v) is 7.01. The lowest BCUT2D eigenvalue weighted by molar-refractivity contribution is 0.0869. The third kappa shape index (κ3) is 3.45. The highest BCUT2D eigenvalue weighted by molar-refractivity contribution is 5.91. The minimum Gasteiger partial charge on any atom is -0.393 e. The van der Waals surface area contributed by atoms with E-state index in [1.807, 2.05) is 0 Å². The van der Waals surface area contributed by atoms with Crippen LogP contribution in [0.4, 0.5) is 0 Å². The quantitative estimate of drug-likeness (QED) is 0.757. The summed E-state index contributed by atoms with van der Waals surface area (Å²) < 4.78 is 0. The van der Waals surface area contributed by atoms with Crippen LogP contribution in [0.1, 0.15) is 47.6 Å². The zero-order valence-electron chi connectivity index (χ0n) is 11.9. The number of carbonyl (C=O) groups is 1. The number of amides is 1. The monoisotopic (exact) mass is 279 g/mol. The maximum Gasteiger partial charge on any atom is 0.279 e. The van der Waals surface area contributed by atoms with Gasteiger partial charge in [-0.1, -0.05) is 6.42 Å². The molecule has 20 heavy (non-hydrogen) atoms. The number of H-pyrrole nitrogens is 1. The summed E-state index contributed by atoms with van der Waals surface area (Å²) in [7, 11) is 0. The van der Waals surface area contributed by atoms with E-state index in [0.29, 0.717) is 24.4 Å². The second kappa shape index (κ2) is 6.17. The van der Waals surface area contributed by atoms with Crippen molar-refractivity contribution in [1.29, 1.82) is 0 Å². The Kier molecular flexibility index (Phi) is 4.54. The fourth-order valence-corrected chi connectivity index (χ4v) is 2.54. The summed E-state index contributed by atoms with van der Waals surface area (Å²) in [5.41, 5.74) is 0.753. The van der Waals surface area contributed by atoms with E-state index in [4.69, 9.17) is 0 Å². The van der Waals surface area contributed by atoms with E-state index in [9.17, 15) is 14.7 Å². The first kappa shape index (κ1) is 14.7. The number of aromatic amines is 1. The lowest BCUT2D eigenvalue weighted by Crippen LogP contribution is -2.36. The number of rotatable bonds is 3. The van der Waals surface area contributed by atoms with Gasteiger partial charge in [-0.05, 0) is 39.0 Å². The topological polar surface area (TPSA) is 95.1 Å². The highest BCUT2D eigenvalue weighted by Crippen LogP contribution is 2.23. The SMILES string of the molecule is Cc1nc(C(=O)NCC2CCCC(O)C2)c(=O)[nH]c1C. The van der Waals surface area contributed by atoms with E-state index in [1.54, 1.807) is 13.8 Å². The third-order valence-corrected chi connectivity index (χ3v) is 3.86. The van der Waals surface area contributed by atoms with Crippen molar-refractivity contribution in [3.63, 3.8) is 0 Å². The van der Waals surface area contributed by atoms with Crippen molar-refractivity contribution in [1.82, 2.24) is 15.3 Å². The summed E-state index contributed by atoms with van der Waals surface area (Å²) in [5.74, 6) is -0.178. The Hall–Kier alpha value is -1.69. The Morgan fingerprint density at radius 1 is 1.45 bits per heavy atom. The van der Waals surface area contributed by atoms with Gasteiger partial charge in [0.1, 0.15) is 0 Å². The summed E-state index contributed by atoms with van der Waals surface area (Å²) in [6.45, 7) is 3.97. The predicted molar refractivity (Wildman–Crippen MR) is 74.6 cm³/mol. The lowest BCUT2D eigenvalue weighted by Gasteiger charge is -2.25. The van der Waals surface area contributed by atoms with Crippen LogP contribution in [0.2, 0.25) is 0 Å². The number of aliphatic hydroxyl groups is 1. The molecule has 0 aromatic carbocycles. The molecule has 1 heterocycles. The third-order valence-electron chi connectivity index (χ3n) is 3.86. The normalized spacial score (nSPS) is 22.6. The largest absolute Gasteiger partial charge is 0.393 e. The molecule has 1 fully saturated rings. The Bertz CT molecular complexity index is 553. The zero-order valence-corrected chi connectivity index (χ0v) is 11.9. The highest BCUT2D eigenvalue weighted by Gasteiger charge is 2.21. The van der Waals surface area contributed by atoms with Gasteiger partial charge in [-0.2, -0.15) is 0 Å². The van der Waals surface area contributed by atoms with Crippen LogP contribution in [-0.4, -0.2) is 33.6 Å². The Morgan fingerprint density at radius 2 is 2.20 bits per heavy atom. The first-order valence-electron chi connectivity index (χ1n) is 7.01. The van der Waals surface area contributed by atoms with Crippen LogP contribution >= 0.6 is 0 Å². The van der Waals surface area contributed by atoms with E-state index in [1.165, 1.54) is 0 Å². The molecule has 6 heteroatoms. The molecule has 0 aliphatic heterocycles. The van der Waals surface area contributed by atoms with Gasteiger partial charge < -0.3 is 15.4 Å². The van der Waals surface area contributed by atoms with Gasteiger partial charge in [0.15, 0.2) is 5.69 Å². The molecule has 2 atom stereocenters. The van der Waals surface area contributed by atoms with E-state index in [-0.39, 0.29) is 17.7 Å². The second-order valence-electron chi connectivity index (χ2n) is 5.52. The minimum absolute atomic E-state index is 0.0931. The van der Waals surface area contributed by atoms with Crippen molar-refractivity contribution in [3.05, 3.63) is 27.4 Å². The number of carbonyl (C=O) groups excluding carboxylic acids is 1. The predicted octanol–water partition coefficient (Wildman–Crippen LogP) is 0.668. The van der Waals surface area contributed by atoms with Gasteiger partial charge in [0.05, 0.1) is 11.8 Å². The molecule has 2 rings (SSSR count). The summed E-state index contributed by atoms with van der Waals surface area (Å²) in [5, 5.41) is 12.3. The van der Waals surface area contributed by atoms with Crippen molar-refractivity contribution in [3.8, 4) is 0 Å². The van der Waals surface area contributed by atoms with Crippen molar-refractivity contribution < 1.29 is 9.90 Å². The second-order valence-corrected chi connectivity index (χ2v) is 5.52. The number of nitrogens with zero attached hydrogens (tertiary/aromatic N) is 1. The van der Waals surface area contributed by atoms with Gasteiger partial charge in [0.2, 0.25) is 0 Å². The summed E-state index contributed by atoms with van der Waals surface area (Å²) >= 11 is 0. The van der Waals surface area contributed by atoms with E-state index < -0.39 is 11.5 Å². The lowest BCUT2D eigenvalue weighted by atomic mass is 9.87. The fraction of sp³-hybridized carbons (Fsp3) is 0.643. The van der Waals surface area contributed by atoms with Crippen molar-refractivity contribution in [2.45, 2.75) is 45.6 Å². The summed E-state index contributed by atoms with van der Waals surface area (Å²) in [6.07, 6.45) is 3.24. The molecule has 0 bridgehead atoms. The molecule has 0 saturated heterocycles. The Morgan fingerprint density at radius 3 is 2.90 bits per heavy atom. The molecule has 1 saturated carbocycles. The first-order chi connectivity index (χ1) is 9.47. The fourth-order valence-electron chi connectivity index (χ4n) is 2.54. The molecular formula is C14H21N3O3. The molecule has 1 amide bonds. The molecule has 110 valence electrons. The molecule has 0 spiro atoms. The molecular weight excluding hydrogens is 258 g/mol. The van der Waals surface area contributed by atoms with Crippen LogP contribution in [0.5, 0.6) is 0 Å². The van der Waals surface area contributed by atoms with Crippen LogP contribution in [0.15, 0.2) is 4.79 Å². The average molecular weight is 279 g/mol. The molecule has 3 N–H and O–H groups in total. The van der Waals surface area contributed by atoms with Crippen LogP contribution < -0.4 is 10.9 Å². The molecule has 1 aromatic heterocycles. The maximum atomic E-state index is 12.0. The smallest absolute Gasteiger partial charge is 0.279 e. The number of hydrogen-bond acceptors (Lipinski definition) is 4. The van der Waals surface area contributed by atoms with E-state index >= 15 is 0 Å². The van der Waals surface area contributed by atoms with Gasteiger partial charge in [0.25, 0.3) is 11.5 Å². The summed E-state index contributed by atoms with van der Waals surface area (Å²) in [6, 6.07) is 0. The molecule has 6 nitrogen and oxygen atoms in total. The van der Waals surface area contributed by atoms with Crippen molar-refractivity contribution in [2.24, 2.45) is 5.92 Å². The Labute approximate surface area is 117 Å². The van der Waals surface area contributed by atoms with Crippen LogP contribution in [0.25, 0.3) is 0 Å². The number of aliphatic hydroxyl groups excluding tert-OH is 1. The van der Waals surface area contributed by atoms with Crippen LogP contribution in [0, 0.1) is 19.8 Å².